The number of carbonyl (C=O) groups is 1. The van der Waals surface area contributed by atoms with Gasteiger partial charge in [0, 0.05) is 55.2 Å². The lowest BCUT2D eigenvalue weighted by Crippen LogP contribution is -2.45. The van der Waals surface area contributed by atoms with Crippen LogP contribution in [0.5, 0.6) is 0 Å². The number of Topliss-reactive ketones (excluding diaryl/α,β-unsaturated/α-hetero) is 1. The summed E-state index contributed by atoms with van der Waals surface area (Å²) >= 11 is 3.19. The van der Waals surface area contributed by atoms with Crippen molar-refractivity contribution in [2.75, 3.05) is 49.7 Å². The van der Waals surface area contributed by atoms with Gasteiger partial charge < -0.3 is 15.1 Å². The number of aryl methyl sites for hydroxylation is 1. The van der Waals surface area contributed by atoms with E-state index in [-0.39, 0.29) is 0 Å². The van der Waals surface area contributed by atoms with E-state index in [0.717, 1.165) is 77.5 Å². The van der Waals surface area contributed by atoms with Crippen LogP contribution in [-0.2, 0) is 11.2 Å². The third-order valence-electron chi connectivity index (χ3n) is 6.33. The average molecular weight is 510 g/mol. The van der Waals surface area contributed by atoms with Crippen molar-refractivity contribution in [1.29, 1.82) is 0 Å². The Balaban J connectivity index is 1.42. The van der Waals surface area contributed by atoms with Gasteiger partial charge in [0.25, 0.3) is 0 Å². The minimum absolute atomic E-state index is 0.296. The second kappa shape index (κ2) is 10.6. The van der Waals surface area contributed by atoms with Gasteiger partial charge in [-0.3, -0.25) is 9.89 Å². The molecule has 0 atom stereocenters. The molecule has 2 aromatic heterocycles. The van der Waals surface area contributed by atoms with Gasteiger partial charge in [0.15, 0.2) is 16.8 Å². The normalized spacial score (nSPS) is 16.5. The molecule has 10 heteroatoms. The standard InChI is InChI=1S/C25H31N7OS2/c1-16-14-21(30-29-16)26-23-22(34-3)24(32-12-10-31(2)11-13-32)28-25(27-23)35-19-8-4-17(5-9-19)15-20(33)18-6-7-18/h4-5,8-9,14,18H,6-7,10-13,15H2,1-3H3,(H2,26,27,28,29,30). The summed E-state index contributed by atoms with van der Waals surface area (Å²) in [5, 5.41) is 11.4. The molecule has 35 heavy (non-hydrogen) atoms. The zero-order chi connectivity index (χ0) is 24.4. The maximum atomic E-state index is 12.2. The van der Waals surface area contributed by atoms with Gasteiger partial charge in [-0.25, -0.2) is 9.97 Å². The molecule has 0 spiro atoms. The molecule has 5 rings (SSSR count). The molecule has 0 radical (unpaired) electrons. The van der Waals surface area contributed by atoms with Crippen LogP contribution in [0.15, 0.2) is 45.3 Å². The summed E-state index contributed by atoms with van der Waals surface area (Å²) in [5.74, 6) is 3.13. The van der Waals surface area contributed by atoms with Crippen LogP contribution < -0.4 is 10.2 Å². The van der Waals surface area contributed by atoms with E-state index in [1.54, 1.807) is 11.8 Å². The van der Waals surface area contributed by atoms with Gasteiger partial charge in [0.1, 0.15) is 11.6 Å². The number of aromatic nitrogens is 4. The first kappa shape index (κ1) is 24.1. The molecule has 3 heterocycles. The monoisotopic (exact) mass is 509 g/mol. The number of H-pyrrole nitrogens is 1. The molecule has 0 amide bonds. The molecule has 184 valence electrons. The number of nitrogens with one attached hydrogen (secondary N) is 2. The third kappa shape index (κ3) is 5.99. The molecule has 0 bridgehead atoms. The largest absolute Gasteiger partial charge is 0.353 e. The van der Waals surface area contributed by atoms with Crippen LogP contribution in [0.2, 0.25) is 0 Å². The van der Waals surface area contributed by atoms with Gasteiger partial charge in [0.2, 0.25) is 0 Å². The number of ketones is 1. The highest BCUT2D eigenvalue weighted by Crippen LogP contribution is 2.38. The van der Waals surface area contributed by atoms with Crippen LogP contribution in [0.4, 0.5) is 17.5 Å². The Morgan fingerprint density at radius 3 is 2.51 bits per heavy atom. The fourth-order valence-electron chi connectivity index (χ4n) is 4.10. The summed E-state index contributed by atoms with van der Waals surface area (Å²) in [4.78, 5) is 28.8. The molecular weight excluding hydrogens is 478 g/mol. The van der Waals surface area contributed by atoms with Crippen molar-refractivity contribution >= 4 is 46.8 Å². The third-order valence-corrected chi connectivity index (χ3v) is 7.99. The van der Waals surface area contributed by atoms with Crippen molar-refractivity contribution in [3.8, 4) is 0 Å². The van der Waals surface area contributed by atoms with Crippen molar-refractivity contribution in [1.82, 2.24) is 25.1 Å². The summed E-state index contributed by atoms with van der Waals surface area (Å²) in [7, 11) is 2.16. The van der Waals surface area contributed by atoms with Crippen LogP contribution in [0.1, 0.15) is 24.1 Å². The molecule has 1 aliphatic heterocycles. The highest BCUT2D eigenvalue weighted by Gasteiger charge is 2.29. The number of anilines is 3. The Morgan fingerprint density at radius 1 is 1.14 bits per heavy atom. The first-order valence-electron chi connectivity index (χ1n) is 12.0. The summed E-state index contributed by atoms with van der Waals surface area (Å²) in [6.07, 6.45) is 4.70. The number of piperazine rings is 1. The zero-order valence-corrected chi connectivity index (χ0v) is 22.0. The molecule has 1 saturated carbocycles. The van der Waals surface area contributed by atoms with Crippen LogP contribution in [0, 0.1) is 12.8 Å². The Kier molecular flexibility index (Phi) is 7.31. The van der Waals surface area contributed by atoms with E-state index < -0.39 is 0 Å². The number of thioether (sulfide) groups is 1. The first-order valence-corrected chi connectivity index (χ1v) is 14.0. The van der Waals surface area contributed by atoms with Crippen LogP contribution in [0.25, 0.3) is 0 Å². The molecule has 1 aliphatic carbocycles. The second-order valence-electron chi connectivity index (χ2n) is 9.23. The number of hydrogen-bond acceptors (Lipinski definition) is 9. The number of carbonyl (C=O) groups excluding carboxylic acids is 1. The lowest BCUT2D eigenvalue weighted by Gasteiger charge is -2.34. The quantitative estimate of drug-likeness (QED) is 0.322. The summed E-state index contributed by atoms with van der Waals surface area (Å²) in [6.45, 7) is 5.84. The van der Waals surface area contributed by atoms with E-state index in [1.807, 2.05) is 25.1 Å². The molecule has 3 aromatic rings. The molecule has 2 aliphatic rings. The van der Waals surface area contributed by atoms with Crippen molar-refractivity contribution in [2.24, 2.45) is 5.92 Å². The fourth-order valence-corrected chi connectivity index (χ4v) is 5.50. The Morgan fingerprint density at radius 2 is 1.89 bits per heavy atom. The molecule has 2 fully saturated rings. The molecule has 8 nitrogen and oxygen atoms in total. The highest BCUT2D eigenvalue weighted by molar-refractivity contribution is 7.99. The number of aromatic amines is 1. The molecule has 2 N–H and O–H groups in total. The Hall–Kier alpha value is -2.56. The van der Waals surface area contributed by atoms with E-state index in [9.17, 15) is 4.79 Å². The number of likely N-dealkylation sites (N-methyl/N-ethyl adjacent to an activating group) is 1. The smallest absolute Gasteiger partial charge is 0.196 e. The second-order valence-corrected chi connectivity index (χ2v) is 11.1. The van der Waals surface area contributed by atoms with E-state index in [4.69, 9.17) is 9.97 Å². The van der Waals surface area contributed by atoms with Crippen molar-refractivity contribution in [2.45, 2.75) is 41.1 Å². The fraction of sp³-hybridized carbons (Fsp3) is 0.440. The van der Waals surface area contributed by atoms with Crippen molar-refractivity contribution in [3.05, 3.63) is 41.6 Å². The van der Waals surface area contributed by atoms with Crippen LogP contribution >= 0.6 is 23.5 Å². The van der Waals surface area contributed by atoms with E-state index in [1.165, 1.54) is 11.8 Å². The molecular formula is C25H31N7OS2. The Bertz CT molecular complexity index is 1190. The molecule has 0 unspecified atom stereocenters. The van der Waals surface area contributed by atoms with Crippen LogP contribution in [-0.4, -0.2) is 70.3 Å². The number of nitrogens with zero attached hydrogens (tertiary/aromatic N) is 5. The summed E-state index contributed by atoms with van der Waals surface area (Å²) in [5.41, 5.74) is 2.06. The molecule has 1 aromatic carbocycles. The number of rotatable bonds is 9. The molecule has 1 saturated heterocycles. The van der Waals surface area contributed by atoms with E-state index in [2.05, 4.69) is 50.8 Å². The topological polar surface area (TPSA) is 90.0 Å². The SMILES string of the molecule is CSc1c(Nc2cc(C)[nH]n2)nc(Sc2ccc(CC(=O)C3CC3)cc2)nc1N1CCN(C)CC1. The minimum atomic E-state index is 0.296. The van der Waals surface area contributed by atoms with Gasteiger partial charge >= 0.3 is 0 Å². The lowest BCUT2D eigenvalue weighted by molar-refractivity contribution is -0.119. The number of benzene rings is 1. The maximum absolute atomic E-state index is 12.2. The first-order chi connectivity index (χ1) is 17.0. The Labute approximate surface area is 214 Å². The predicted octanol–water partition coefficient (Wildman–Crippen LogP) is 4.40. The summed E-state index contributed by atoms with van der Waals surface area (Å²) < 4.78 is 0. The lowest BCUT2D eigenvalue weighted by atomic mass is 10.1. The zero-order valence-electron chi connectivity index (χ0n) is 20.4. The maximum Gasteiger partial charge on any atom is 0.196 e. The van der Waals surface area contributed by atoms with Gasteiger partial charge in [-0.15, -0.1) is 11.8 Å². The van der Waals surface area contributed by atoms with E-state index in [0.29, 0.717) is 23.3 Å². The minimum Gasteiger partial charge on any atom is -0.353 e. The predicted molar refractivity (Wildman–Crippen MR) is 142 cm³/mol. The van der Waals surface area contributed by atoms with Gasteiger partial charge in [0.05, 0.1) is 4.90 Å². The summed E-state index contributed by atoms with van der Waals surface area (Å²) in [6, 6.07) is 10.2. The van der Waals surface area contributed by atoms with Crippen molar-refractivity contribution in [3.63, 3.8) is 0 Å². The number of hydrogen-bond donors (Lipinski definition) is 2. The van der Waals surface area contributed by atoms with Gasteiger partial charge in [-0.2, -0.15) is 5.10 Å². The van der Waals surface area contributed by atoms with E-state index >= 15 is 0 Å². The van der Waals surface area contributed by atoms with Gasteiger partial charge in [-0.05, 0) is 62.5 Å². The average Bonchev–Trinajstić information content (AvgIpc) is 3.63. The highest BCUT2D eigenvalue weighted by atomic mass is 32.2. The van der Waals surface area contributed by atoms with Gasteiger partial charge in [-0.1, -0.05) is 12.1 Å². The van der Waals surface area contributed by atoms with Crippen molar-refractivity contribution < 1.29 is 4.79 Å². The van der Waals surface area contributed by atoms with Crippen LogP contribution in [0.3, 0.4) is 0 Å².